The third-order valence-corrected chi connectivity index (χ3v) is 5.59. The van der Waals surface area contributed by atoms with E-state index >= 15 is 0 Å². The summed E-state index contributed by atoms with van der Waals surface area (Å²) in [5.41, 5.74) is 1.69. The Morgan fingerprint density at radius 2 is 1.79 bits per heavy atom. The fraction of sp³-hybridized carbons (Fsp3) is 0.435. The molecule has 1 amide bonds. The molecule has 2 aliphatic heterocycles. The molecule has 0 aliphatic carbocycles. The predicted molar refractivity (Wildman–Crippen MR) is 109 cm³/mol. The molecule has 29 heavy (non-hydrogen) atoms. The van der Waals surface area contributed by atoms with Crippen molar-refractivity contribution in [3.8, 4) is 23.0 Å². The van der Waals surface area contributed by atoms with Gasteiger partial charge in [-0.15, -0.1) is 0 Å². The van der Waals surface area contributed by atoms with Crippen molar-refractivity contribution < 1.29 is 23.7 Å². The lowest BCUT2D eigenvalue weighted by atomic mass is 9.99. The Balaban J connectivity index is 1.67. The van der Waals surface area contributed by atoms with Crippen molar-refractivity contribution in [3.05, 3.63) is 47.5 Å². The van der Waals surface area contributed by atoms with E-state index in [-0.39, 0.29) is 11.9 Å². The highest BCUT2D eigenvalue weighted by Gasteiger charge is 2.29. The van der Waals surface area contributed by atoms with E-state index in [1.54, 1.807) is 26.4 Å². The Labute approximate surface area is 171 Å². The van der Waals surface area contributed by atoms with Crippen molar-refractivity contribution in [2.75, 3.05) is 34.0 Å². The average Bonchev–Trinajstić information content (AvgIpc) is 3.04. The maximum atomic E-state index is 13.6. The summed E-state index contributed by atoms with van der Waals surface area (Å²) >= 11 is 0. The predicted octanol–water partition coefficient (Wildman–Crippen LogP) is 4.23. The van der Waals surface area contributed by atoms with E-state index in [1.807, 2.05) is 17.0 Å². The largest absolute Gasteiger partial charge is 0.497 e. The van der Waals surface area contributed by atoms with Gasteiger partial charge in [-0.3, -0.25) is 4.79 Å². The van der Waals surface area contributed by atoms with E-state index in [9.17, 15) is 4.79 Å². The zero-order chi connectivity index (χ0) is 20.2. The Bertz CT molecular complexity index is 847. The molecular weight excluding hydrogens is 370 g/mol. The zero-order valence-corrected chi connectivity index (χ0v) is 17.0. The van der Waals surface area contributed by atoms with Gasteiger partial charge in [0.15, 0.2) is 11.5 Å². The van der Waals surface area contributed by atoms with Gasteiger partial charge in [0.25, 0.3) is 5.91 Å². The second-order valence-electron chi connectivity index (χ2n) is 7.34. The molecule has 0 N–H and O–H groups in total. The fourth-order valence-corrected chi connectivity index (χ4v) is 4.09. The highest BCUT2D eigenvalue weighted by atomic mass is 16.6. The zero-order valence-electron chi connectivity index (χ0n) is 17.0. The van der Waals surface area contributed by atoms with Crippen LogP contribution in [0.1, 0.15) is 47.6 Å². The van der Waals surface area contributed by atoms with Crippen LogP contribution in [0.4, 0.5) is 0 Å². The first-order valence-electron chi connectivity index (χ1n) is 10.1. The smallest absolute Gasteiger partial charge is 0.254 e. The summed E-state index contributed by atoms with van der Waals surface area (Å²) in [6, 6.07) is 11.6. The Hall–Kier alpha value is -2.89. The number of likely N-dealkylation sites (tertiary alicyclic amines) is 1. The van der Waals surface area contributed by atoms with Crippen LogP contribution in [-0.2, 0) is 0 Å². The molecule has 2 heterocycles. The summed E-state index contributed by atoms with van der Waals surface area (Å²) < 4.78 is 22.1. The van der Waals surface area contributed by atoms with E-state index in [0.29, 0.717) is 36.0 Å². The molecule has 0 saturated carbocycles. The molecule has 0 unspecified atom stereocenters. The molecule has 1 atom stereocenters. The van der Waals surface area contributed by atoms with Gasteiger partial charge in [-0.2, -0.15) is 0 Å². The van der Waals surface area contributed by atoms with Crippen molar-refractivity contribution in [1.82, 2.24) is 4.90 Å². The van der Waals surface area contributed by atoms with Gasteiger partial charge in [0.05, 0.1) is 20.3 Å². The monoisotopic (exact) mass is 397 g/mol. The van der Waals surface area contributed by atoms with E-state index in [1.165, 1.54) is 0 Å². The minimum atomic E-state index is -0.0111. The van der Waals surface area contributed by atoms with Gasteiger partial charge >= 0.3 is 0 Å². The Morgan fingerprint density at radius 1 is 1.00 bits per heavy atom. The second-order valence-corrected chi connectivity index (χ2v) is 7.34. The minimum Gasteiger partial charge on any atom is -0.497 e. The first-order chi connectivity index (χ1) is 14.2. The summed E-state index contributed by atoms with van der Waals surface area (Å²) in [7, 11) is 3.24. The molecule has 0 aromatic heterocycles. The number of fused-ring (bicyclic) bond motifs is 1. The number of carbonyl (C=O) groups is 1. The lowest BCUT2D eigenvalue weighted by molar-refractivity contribution is 0.0679. The standard InChI is InChI=1S/C23H27NO5/c1-26-18-9-7-16(8-10-18)19-6-4-3-5-11-24(19)23(25)17-14-20(27-2)22-21(15-17)28-12-13-29-22/h7-10,14-15,19H,3-6,11-13H2,1-2H3/t19-/m1/s1. The Morgan fingerprint density at radius 3 is 2.55 bits per heavy atom. The van der Waals surface area contributed by atoms with Crippen LogP contribution >= 0.6 is 0 Å². The molecule has 6 nitrogen and oxygen atoms in total. The topological polar surface area (TPSA) is 57.2 Å². The maximum Gasteiger partial charge on any atom is 0.254 e. The van der Waals surface area contributed by atoms with Gasteiger partial charge in [0, 0.05) is 12.1 Å². The number of carbonyl (C=O) groups excluding carboxylic acids is 1. The molecular formula is C23H27NO5. The average molecular weight is 397 g/mol. The molecule has 1 saturated heterocycles. The third-order valence-electron chi connectivity index (χ3n) is 5.59. The van der Waals surface area contributed by atoms with Crippen LogP contribution in [0, 0.1) is 0 Å². The summed E-state index contributed by atoms with van der Waals surface area (Å²) in [5, 5.41) is 0. The lowest BCUT2D eigenvalue weighted by Gasteiger charge is -2.31. The molecule has 2 aliphatic rings. The van der Waals surface area contributed by atoms with Crippen LogP contribution < -0.4 is 18.9 Å². The van der Waals surface area contributed by atoms with E-state index in [0.717, 1.165) is 43.5 Å². The number of hydrogen-bond acceptors (Lipinski definition) is 5. The van der Waals surface area contributed by atoms with Crippen molar-refractivity contribution in [2.24, 2.45) is 0 Å². The normalized spacial score (nSPS) is 18.7. The van der Waals surface area contributed by atoms with Crippen molar-refractivity contribution in [3.63, 3.8) is 0 Å². The molecule has 0 bridgehead atoms. The number of amides is 1. The van der Waals surface area contributed by atoms with Crippen LogP contribution in [0.5, 0.6) is 23.0 Å². The Kier molecular flexibility index (Phi) is 5.79. The van der Waals surface area contributed by atoms with Gasteiger partial charge < -0.3 is 23.8 Å². The van der Waals surface area contributed by atoms with Crippen LogP contribution in [0.2, 0.25) is 0 Å². The van der Waals surface area contributed by atoms with Gasteiger partial charge in [0.2, 0.25) is 5.75 Å². The summed E-state index contributed by atoms with van der Waals surface area (Å²) in [4.78, 5) is 15.5. The van der Waals surface area contributed by atoms with E-state index in [4.69, 9.17) is 18.9 Å². The minimum absolute atomic E-state index is 0.0111. The van der Waals surface area contributed by atoms with Crippen LogP contribution in [-0.4, -0.2) is 44.8 Å². The van der Waals surface area contributed by atoms with E-state index in [2.05, 4.69) is 12.1 Å². The van der Waals surface area contributed by atoms with Crippen molar-refractivity contribution in [2.45, 2.75) is 31.7 Å². The highest BCUT2D eigenvalue weighted by molar-refractivity contribution is 5.96. The summed E-state index contributed by atoms with van der Waals surface area (Å²) in [6.45, 7) is 1.67. The lowest BCUT2D eigenvalue weighted by Crippen LogP contribution is -2.35. The number of rotatable bonds is 4. The second kappa shape index (κ2) is 8.64. The maximum absolute atomic E-state index is 13.6. The SMILES string of the molecule is COc1ccc([C@H]2CCCCCN2C(=O)c2cc(OC)c3c(c2)OCCO3)cc1. The molecule has 0 spiro atoms. The quantitative estimate of drug-likeness (QED) is 0.773. The number of hydrogen-bond donors (Lipinski definition) is 0. The van der Waals surface area contributed by atoms with Gasteiger partial charge in [0.1, 0.15) is 19.0 Å². The number of nitrogens with zero attached hydrogens (tertiary/aromatic N) is 1. The first kappa shape index (κ1) is 19.4. The summed E-state index contributed by atoms with van der Waals surface area (Å²) in [6.07, 6.45) is 4.17. The summed E-state index contributed by atoms with van der Waals surface area (Å²) in [5.74, 6) is 2.47. The van der Waals surface area contributed by atoms with E-state index < -0.39 is 0 Å². The molecule has 1 fully saturated rings. The molecule has 2 aromatic carbocycles. The van der Waals surface area contributed by atoms with Gasteiger partial charge in [-0.05, 0) is 42.7 Å². The number of methoxy groups -OCH3 is 2. The highest BCUT2D eigenvalue weighted by Crippen LogP contribution is 2.41. The number of benzene rings is 2. The van der Waals surface area contributed by atoms with Gasteiger partial charge in [-0.25, -0.2) is 0 Å². The van der Waals surface area contributed by atoms with Crippen molar-refractivity contribution >= 4 is 5.91 Å². The molecule has 2 aromatic rings. The molecule has 154 valence electrons. The molecule has 4 rings (SSSR count). The van der Waals surface area contributed by atoms with Crippen LogP contribution in [0.25, 0.3) is 0 Å². The van der Waals surface area contributed by atoms with Gasteiger partial charge in [-0.1, -0.05) is 25.0 Å². The first-order valence-corrected chi connectivity index (χ1v) is 10.1. The molecule has 6 heteroatoms. The van der Waals surface area contributed by atoms with Crippen molar-refractivity contribution in [1.29, 1.82) is 0 Å². The van der Waals surface area contributed by atoms with Crippen LogP contribution in [0.3, 0.4) is 0 Å². The van der Waals surface area contributed by atoms with Crippen LogP contribution in [0.15, 0.2) is 36.4 Å². The fourth-order valence-electron chi connectivity index (χ4n) is 4.09. The third kappa shape index (κ3) is 3.97. The molecule has 0 radical (unpaired) electrons. The number of ether oxygens (including phenoxy) is 4.